The summed E-state index contributed by atoms with van der Waals surface area (Å²) in [4.78, 5) is 11.9. The van der Waals surface area contributed by atoms with Gasteiger partial charge in [0.25, 0.3) is 0 Å². The molecule has 3 fully saturated rings. The van der Waals surface area contributed by atoms with Crippen LogP contribution < -0.4 is 0 Å². The second kappa shape index (κ2) is 7.12. The first-order valence-electron chi connectivity index (χ1n) is 10.7. The lowest BCUT2D eigenvalue weighted by Crippen LogP contribution is -2.57. The van der Waals surface area contributed by atoms with E-state index in [2.05, 4.69) is 18.0 Å². The van der Waals surface area contributed by atoms with E-state index in [9.17, 15) is 23.4 Å². The van der Waals surface area contributed by atoms with Gasteiger partial charge >= 0.3 is 10.4 Å². The summed E-state index contributed by atoms with van der Waals surface area (Å²) in [6, 6.07) is 0. The molecule has 8 heteroatoms. The van der Waals surface area contributed by atoms with Crippen LogP contribution in [-0.4, -0.2) is 47.8 Å². The largest absolute Gasteiger partial charge is 0.397 e. The molecule has 0 saturated heterocycles. The summed E-state index contributed by atoms with van der Waals surface area (Å²) in [5.74, 6) is 0.756. The van der Waals surface area contributed by atoms with Gasteiger partial charge in [-0.1, -0.05) is 19.4 Å². The van der Waals surface area contributed by atoms with Gasteiger partial charge in [0.05, 0.1) is 18.8 Å². The van der Waals surface area contributed by atoms with Crippen molar-refractivity contribution in [2.24, 2.45) is 34.5 Å². The number of carbonyl (C=O) groups is 1. The summed E-state index contributed by atoms with van der Waals surface area (Å²) in [7, 11) is -4.60. The van der Waals surface area contributed by atoms with Gasteiger partial charge in [0.1, 0.15) is 0 Å². The Morgan fingerprint density at radius 1 is 1.24 bits per heavy atom. The fourth-order valence-corrected chi connectivity index (χ4v) is 7.94. The van der Waals surface area contributed by atoms with Gasteiger partial charge in [-0.25, -0.2) is 4.18 Å². The minimum absolute atomic E-state index is 0.110. The average molecular weight is 429 g/mol. The molecule has 1 unspecified atom stereocenters. The second-order valence-corrected chi connectivity index (χ2v) is 11.2. The van der Waals surface area contributed by atoms with E-state index in [0.717, 1.165) is 32.1 Å². The number of allylic oxidation sites excluding steroid dienone is 1. The molecule has 0 radical (unpaired) electrons. The predicted molar refractivity (Wildman–Crippen MR) is 105 cm³/mol. The normalized spacial score (nSPS) is 45.8. The molecule has 0 aliphatic heterocycles. The highest BCUT2D eigenvalue weighted by atomic mass is 32.3. The van der Waals surface area contributed by atoms with Crippen molar-refractivity contribution in [1.29, 1.82) is 0 Å². The zero-order chi connectivity index (χ0) is 21.2. The van der Waals surface area contributed by atoms with E-state index in [1.807, 2.05) is 6.08 Å². The van der Waals surface area contributed by atoms with Crippen LogP contribution >= 0.6 is 0 Å². The summed E-state index contributed by atoms with van der Waals surface area (Å²) < 4.78 is 35.1. The molecule has 164 valence electrons. The van der Waals surface area contributed by atoms with Crippen molar-refractivity contribution in [3.05, 3.63) is 11.6 Å². The number of aliphatic hydroxyl groups is 2. The number of carbonyl (C=O) groups excluding carboxylic acids is 1. The van der Waals surface area contributed by atoms with Gasteiger partial charge in [-0.15, -0.1) is 0 Å². The minimum atomic E-state index is -4.60. The zero-order valence-electron chi connectivity index (χ0n) is 17.1. The molecule has 0 heterocycles. The van der Waals surface area contributed by atoms with E-state index in [1.54, 1.807) is 0 Å². The van der Waals surface area contributed by atoms with Crippen LogP contribution in [0.4, 0.5) is 0 Å². The van der Waals surface area contributed by atoms with Crippen LogP contribution in [0.15, 0.2) is 11.6 Å². The molecule has 7 nitrogen and oxygen atoms in total. The Hall–Kier alpha value is -0.800. The Labute approximate surface area is 172 Å². The van der Waals surface area contributed by atoms with Crippen LogP contribution in [0.25, 0.3) is 0 Å². The highest BCUT2D eigenvalue weighted by molar-refractivity contribution is 7.80. The molecular formula is C21H32O7S. The molecule has 0 aromatic heterocycles. The van der Waals surface area contributed by atoms with E-state index in [-0.39, 0.29) is 28.4 Å². The molecular weight excluding hydrogens is 396 g/mol. The van der Waals surface area contributed by atoms with E-state index < -0.39 is 29.2 Å². The van der Waals surface area contributed by atoms with Crippen molar-refractivity contribution < 1.29 is 32.2 Å². The lowest BCUT2D eigenvalue weighted by Gasteiger charge is -2.60. The molecule has 0 aromatic rings. The number of fused-ring (bicyclic) bond motifs is 5. The van der Waals surface area contributed by atoms with Crippen molar-refractivity contribution in [2.45, 2.75) is 71.0 Å². The van der Waals surface area contributed by atoms with Crippen molar-refractivity contribution in [2.75, 3.05) is 6.61 Å². The molecule has 0 spiro atoms. The number of hydrogen-bond donors (Lipinski definition) is 3. The van der Waals surface area contributed by atoms with Crippen LogP contribution in [0.3, 0.4) is 0 Å². The van der Waals surface area contributed by atoms with Gasteiger partial charge in [0.2, 0.25) is 0 Å². The second-order valence-electron chi connectivity index (χ2n) is 10.1. The molecule has 4 aliphatic carbocycles. The third-order valence-corrected chi connectivity index (χ3v) is 9.25. The summed E-state index contributed by atoms with van der Waals surface area (Å²) in [5, 5.41) is 21.9. The predicted octanol–water partition coefficient (Wildman–Crippen LogP) is 2.29. The Bertz CT molecular complexity index is 821. The summed E-state index contributed by atoms with van der Waals surface area (Å²) in [6.45, 7) is 3.83. The quantitative estimate of drug-likeness (QED) is 0.587. The third kappa shape index (κ3) is 3.51. The highest BCUT2D eigenvalue weighted by Gasteiger charge is 2.62. The maximum absolute atomic E-state index is 11.9. The Balaban J connectivity index is 1.59. The number of hydrogen-bond acceptors (Lipinski definition) is 6. The van der Waals surface area contributed by atoms with Crippen molar-refractivity contribution in [3.63, 3.8) is 0 Å². The topological polar surface area (TPSA) is 121 Å². The lowest BCUT2D eigenvalue weighted by molar-refractivity contribution is -0.142. The minimum Gasteiger partial charge on any atom is -0.393 e. The number of aliphatic hydroxyl groups excluding tert-OH is 2. The first-order chi connectivity index (χ1) is 13.5. The monoisotopic (exact) mass is 428 g/mol. The Morgan fingerprint density at radius 3 is 2.66 bits per heavy atom. The van der Waals surface area contributed by atoms with Gasteiger partial charge in [-0.3, -0.25) is 9.35 Å². The SMILES string of the molecule is C[C@]12C[C@H](O)[C@H]3[C@@H](CCC4=CC(=O)CC[C@@]43C)[C@@H]1CC[C@@H]2C(O)COS(=O)(=O)O. The van der Waals surface area contributed by atoms with Crippen molar-refractivity contribution in [1.82, 2.24) is 0 Å². The lowest BCUT2D eigenvalue weighted by atomic mass is 9.46. The average Bonchev–Trinajstić information content (AvgIpc) is 2.96. The van der Waals surface area contributed by atoms with Gasteiger partial charge in [-0.2, -0.15) is 8.42 Å². The van der Waals surface area contributed by atoms with E-state index in [0.29, 0.717) is 24.7 Å². The van der Waals surface area contributed by atoms with Crippen molar-refractivity contribution >= 4 is 16.2 Å². The van der Waals surface area contributed by atoms with E-state index >= 15 is 0 Å². The Kier molecular flexibility index (Phi) is 5.26. The summed E-state index contributed by atoms with van der Waals surface area (Å²) in [6.07, 6.45) is 5.60. The molecule has 3 N–H and O–H groups in total. The first-order valence-corrected chi connectivity index (χ1v) is 12.0. The molecule has 0 bridgehead atoms. The smallest absolute Gasteiger partial charge is 0.393 e. The molecule has 4 rings (SSSR count). The van der Waals surface area contributed by atoms with Crippen molar-refractivity contribution in [3.8, 4) is 0 Å². The van der Waals surface area contributed by atoms with Gasteiger partial charge < -0.3 is 10.2 Å². The Morgan fingerprint density at radius 2 is 1.97 bits per heavy atom. The molecule has 3 saturated carbocycles. The fraction of sp³-hybridized carbons (Fsp3) is 0.857. The molecule has 4 aliphatic rings. The van der Waals surface area contributed by atoms with Gasteiger partial charge in [0.15, 0.2) is 5.78 Å². The number of rotatable bonds is 4. The van der Waals surface area contributed by atoms with Crippen LogP contribution in [0.5, 0.6) is 0 Å². The van der Waals surface area contributed by atoms with Gasteiger partial charge in [-0.05, 0) is 79.1 Å². The molecule has 8 atom stereocenters. The number of ketones is 1. The zero-order valence-corrected chi connectivity index (χ0v) is 17.9. The van der Waals surface area contributed by atoms with Crippen LogP contribution in [0, 0.1) is 34.5 Å². The summed E-state index contributed by atoms with van der Waals surface area (Å²) >= 11 is 0. The summed E-state index contributed by atoms with van der Waals surface area (Å²) in [5.41, 5.74) is 0.723. The standard InChI is InChI=1S/C21H32O7S/c1-20-8-7-13(22)9-12(20)3-4-14-15-5-6-16(18(24)11-28-29(25,26)27)21(15,2)10-17(23)19(14)20/h9,14-19,23-24H,3-8,10-11H2,1-2H3,(H,25,26,27)/t14-,15-,16+,17-,18?,19+,20-,21-/m0/s1. The fourth-order valence-electron chi connectivity index (χ4n) is 7.63. The van der Waals surface area contributed by atoms with Crippen LogP contribution in [0.2, 0.25) is 0 Å². The molecule has 0 amide bonds. The molecule has 29 heavy (non-hydrogen) atoms. The van der Waals surface area contributed by atoms with Crippen LogP contribution in [0.1, 0.15) is 58.8 Å². The van der Waals surface area contributed by atoms with E-state index in [4.69, 9.17) is 4.55 Å². The molecule has 0 aromatic carbocycles. The first kappa shape index (κ1) is 21.4. The highest BCUT2D eigenvalue weighted by Crippen LogP contribution is 2.67. The van der Waals surface area contributed by atoms with E-state index in [1.165, 1.54) is 5.57 Å². The maximum atomic E-state index is 11.9. The third-order valence-electron chi connectivity index (χ3n) is 8.82. The van der Waals surface area contributed by atoms with Crippen LogP contribution in [-0.2, 0) is 19.4 Å². The maximum Gasteiger partial charge on any atom is 0.397 e. The van der Waals surface area contributed by atoms with Gasteiger partial charge in [0, 0.05) is 6.42 Å².